The van der Waals surface area contributed by atoms with Gasteiger partial charge in [0.2, 0.25) is 0 Å². The number of carbonyl (C=O) groups is 1. The largest absolute Gasteiger partial charge is 0.458 e. The molecular weight excluding hydrogens is 272 g/mol. The van der Waals surface area contributed by atoms with Gasteiger partial charge >= 0.3 is 5.97 Å². The number of hydrogen-bond acceptors (Lipinski definition) is 2. The first-order valence-corrected chi connectivity index (χ1v) is 9.65. The monoisotopic (exact) mass is 304 g/mol. The van der Waals surface area contributed by atoms with E-state index < -0.39 is 0 Å². The maximum Gasteiger partial charge on any atom is 0.309 e. The summed E-state index contributed by atoms with van der Waals surface area (Å²) in [6.45, 7) is 9.26. The molecule has 4 rings (SSSR count). The molecule has 0 radical (unpaired) electrons. The lowest BCUT2D eigenvalue weighted by molar-refractivity contribution is -0.181. The number of rotatable bonds is 3. The van der Waals surface area contributed by atoms with Gasteiger partial charge in [0.15, 0.2) is 0 Å². The van der Waals surface area contributed by atoms with E-state index in [-0.39, 0.29) is 17.5 Å². The molecule has 124 valence electrons. The Kier molecular flexibility index (Phi) is 3.40. The van der Waals surface area contributed by atoms with Crippen LogP contribution in [-0.4, -0.2) is 11.6 Å². The average Bonchev–Trinajstić information content (AvgIpc) is 3.21. The Balaban J connectivity index is 1.50. The Hall–Kier alpha value is -0.530. The fourth-order valence-electron chi connectivity index (χ4n) is 6.75. The topological polar surface area (TPSA) is 26.3 Å². The van der Waals surface area contributed by atoms with Crippen molar-refractivity contribution in [3.05, 3.63) is 0 Å². The molecule has 0 aromatic heterocycles. The predicted molar refractivity (Wildman–Crippen MR) is 87.1 cm³/mol. The molecule has 22 heavy (non-hydrogen) atoms. The third-order valence-corrected chi connectivity index (χ3v) is 8.31. The van der Waals surface area contributed by atoms with Crippen molar-refractivity contribution in [1.29, 1.82) is 0 Å². The molecule has 0 heterocycles. The molecule has 0 N–H and O–H groups in total. The van der Waals surface area contributed by atoms with E-state index in [1.165, 1.54) is 25.7 Å². The molecule has 0 aromatic carbocycles. The quantitative estimate of drug-likeness (QED) is 0.708. The van der Waals surface area contributed by atoms with Crippen molar-refractivity contribution in [3.8, 4) is 0 Å². The summed E-state index contributed by atoms with van der Waals surface area (Å²) in [7, 11) is 0. The lowest BCUT2D eigenvalue weighted by Gasteiger charge is -2.42. The minimum absolute atomic E-state index is 0.128. The van der Waals surface area contributed by atoms with E-state index in [1.54, 1.807) is 0 Å². The van der Waals surface area contributed by atoms with Gasteiger partial charge in [-0.2, -0.15) is 0 Å². The van der Waals surface area contributed by atoms with Crippen LogP contribution in [0.5, 0.6) is 0 Å². The zero-order valence-electron chi connectivity index (χ0n) is 14.7. The SMILES string of the molecule is CC1C2CC(C(=O)OC3(C(C)C)CC4CCC3C4)C(C2)C1C. The average molecular weight is 304 g/mol. The van der Waals surface area contributed by atoms with Gasteiger partial charge in [-0.25, -0.2) is 0 Å². The van der Waals surface area contributed by atoms with Gasteiger partial charge in [-0.1, -0.05) is 27.7 Å². The first-order chi connectivity index (χ1) is 10.4. The third-order valence-electron chi connectivity index (χ3n) is 8.31. The van der Waals surface area contributed by atoms with Crippen LogP contribution in [0.2, 0.25) is 0 Å². The maximum atomic E-state index is 13.0. The van der Waals surface area contributed by atoms with Crippen LogP contribution >= 0.6 is 0 Å². The standard InChI is InChI=1S/C20H32O2/c1-11(2)20(10-14-5-6-16(20)7-14)22-19(21)18-9-15-8-17(18)13(4)12(15)3/h11-18H,5-10H2,1-4H3. The number of carbonyl (C=O) groups excluding carboxylic acids is 1. The Morgan fingerprint density at radius 3 is 2.36 bits per heavy atom. The van der Waals surface area contributed by atoms with Gasteiger partial charge in [0, 0.05) is 0 Å². The van der Waals surface area contributed by atoms with Crippen molar-refractivity contribution in [2.45, 2.75) is 71.8 Å². The van der Waals surface area contributed by atoms with Crippen LogP contribution in [0.3, 0.4) is 0 Å². The van der Waals surface area contributed by atoms with Crippen molar-refractivity contribution in [2.75, 3.05) is 0 Å². The van der Waals surface area contributed by atoms with Gasteiger partial charge in [0.25, 0.3) is 0 Å². The van der Waals surface area contributed by atoms with Crippen molar-refractivity contribution in [2.24, 2.45) is 47.3 Å². The van der Waals surface area contributed by atoms with Gasteiger partial charge in [0.05, 0.1) is 5.92 Å². The predicted octanol–water partition coefficient (Wildman–Crippen LogP) is 4.67. The van der Waals surface area contributed by atoms with Crippen molar-refractivity contribution in [1.82, 2.24) is 0 Å². The first-order valence-electron chi connectivity index (χ1n) is 9.65. The molecule has 4 aliphatic carbocycles. The molecule has 4 saturated carbocycles. The van der Waals surface area contributed by atoms with Crippen molar-refractivity contribution < 1.29 is 9.53 Å². The summed E-state index contributed by atoms with van der Waals surface area (Å²) < 4.78 is 6.38. The highest BCUT2D eigenvalue weighted by Crippen LogP contribution is 2.58. The molecule has 4 bridgehead atoms. The summed E-state index contributed by atoms with van der Waals surface area (Å²) in [6.07, 6.45) is 7.43. The van der Waals surface area contributed by atoms with E-state index in [0.717, 1.165) is 30.6 Å². The van der Waals surface area contributed by atoms with E-state index in [1.807, 2.05) is 0 Å². The van der Waals surface area contributed by atoms with Crippen LogP contribution in [0, 0.1) is 47.3 Å². The normalized spacial score (nSPS) is 52.7. The summed E-state index contributed by atoms with van der Waals surface area (Å²) in [5.41, 5.74) is -0.128. The zero-order chi connectivity index (χ0) is 15.6. The molecular formula is C20H32O2. The Bertz CT molecular complexity index is 468. The number of fused-ring (bicyclic) bond motifs is 4. The Morgan fingerprint density at radius 2 is 1.86 bits per heavy atom. The zero-order valence-corrected chi connectivity index (χ0v) is 14.7. The van der Waals surface area contributed by atoms with Crippen molar-refractivity contribution in [3.63, 3.8) is 0 Å². The highest BCUT2D eigenvalue weighted by molar-refractivity contribution is 5.74. The van der Waals surface area contributed by atoms with E-state index >= 15 is 0 Å². The van der Waals surface area contributed by atoms with Crippen LogP contribution in [-0.2, 0) is 9.53 Å². The molecule has 2 heteroatoms. The fraction of sp³-hybridized carbons (Fsp3) is 0.950. The van der Waals surface area contributed by atoms with Crippen LogP contribution in [0.1, 0.15) is 66.2 Å². The number of hydrogen-bond donors (Lipinski definition) is 0. The minimum Gasteiger partial charge on any atom is -0.458 e. The minimum atomic E-state index is -0.128. The molecule has 0 aliphatic heterocycles. The number of esters is 1. The molecule has 0 aromatic rings. The molecule has 8 atom stereocenters. The van der Waals surface area contributed by atoms with E-state index in [9.17, 15) is 4.79 Å². The summed E-state index contributed by atoms with van der Waals surface area (Å²) in [5.74, 6) is 5.14. The van der Waals surface area contributed by atoms with Crippen molar-refractivity contribution >= 4 is 5.97 Å². The molecule has 4 fully saturated rings. The van der Waals surface area contributed by atoms with E-state index in [4.69, 9.17) is 4.74 Å². The number of ether oxygens (including phenoxy) is 1. The van der Waals surface area contributed by atoms with Crippen LogP contribution < -0.4 is 0 Å². The van der Waals surface area contributed by atoms with Crippen LogP contribution in [0.25, 0.3) is 0 Å². The Labute approximate surface area is 135 Å². The summed E-state index contributed by atoms with van der Waals surface area (Å²) >= 11 is 0. The highest BCUT2D eigenvalue weighted by atomic mass is 16.6. The highest BCUT2D eigenvalue weighted by Gasteiger charge is 2.58. The lowest BCUT2D eigenvalue weighted by Crippen LogP contribution is -2.47. The van der Waals surface area contributed by atoms with Gasteiger partial charge in [0.1, 0.15) is 5.60 Å². The third kappa shape index (κ3) is 1.94. The molecule has 2 nitrogen and oxygen atoms in total. The lowest BCUT2D eigenvalue weighted by atomic mass is 9.74. The second-order valence-corrected chi connectivity index (χ2v) is 9.33. The molecule has 0 amide bonds. The van der Waals surface area contributed by atoms with Gasteiger partial charge < -0.3 is 4.74 Å². The van der Waals surface area contributed by atoms with Gasteiger partial charge in [-0.05, 0) is 80.0 Å². The van der Waals surface area contributed by atoms with Gasteiger partial charge in [-0.3, -0.25) is 4.79 Å². The first kappa shape index (κ1) is 15.0. The molecule has 8 unspecified atom stereocenters. The fourth-order valence-corrected chi connectivity index (χ4v) is 6.75. The van der Waals surface area contributed by atoms with Crippen LogP contribution in [0.15, 0.2) is 0 Å². The Morgan fingerprint density at radius 1 is 1.09 bits per heavy atom. The smallest absolute Gasteiger partial charge is 0.309 e. The second-order valence-electron chi connectivity index (χ2n) is 9.33. The molecule has 0 saturated heterocycles. The molecule has 4 aliphatic rings. The van der Waals surface area contributed by atoms with E-state index in [2.05, 4.69) is 27.7 Å². The van der Waals surface area contributed by atoms with E-state index in [0.29, 0.717) is 23.7 Å². The summed E-state index contributed by atoms with van der Waals surface area (Å²) in [6, 6.07) is 0. The summed E-state index contributed by atoms with van der Waals surface area (Å²) in [4.78, 5) is 13.0. The molecule has 0 spiro atoms. The second kappa shape index (κ2) is 4.98. The summed E-state index contributed by atoms with van der Waals surface area (Å²) in [5, 5.41) is 0. The van der Waals surface area contributed by atoms with Gasteiger partial charge in [-0.15, -0.1) is 0 Å². The maximum absolute atomic E-state index is 13.0. The van der Waals surface area contributed by atoms with Crippen LogP contribution in [0.4, 0.5) is 0 Å².